The fourth-order valence-electron chi connectivity index (χ4n) is 2.06. The van der Waals surface area contributed by atoms with Crippen molar-refractivity contribution in [2.24, 2.45) is 4.99 Å². The molecule has 0 atom stereocenters. The zero-order valence-corrected chi connectivity index (χ0v) is 19.0. The van der Waals surface area contributed by atoms with Crippen molar-refractivity contribution < 1.29 is 23.0 Å². The average Bonchev–Trinajstić information content (AvgIpc) is 2.63. The van der Waals surface area contributed by atoms with Crippen LogP contribution in [0.3, 0.4) is 0 Å². The van der Waals surface area contributed by atoms with Crippen LogP contribution >= 0.6 is 24.0 Å². The Balaban J connectivity index is 0.00000729. The molecule has 1 aromatic rings. The number of ether oxygens (including phenoxy) is 2. The summed E-state index contributed by atoms with van der Waals surface area (Å²) < 4.78 is 34.9. The minimum atomic E-state index is -2.93. The number of rotatable bonds is 10. The number of halogens is 3. The van der Waals surface area contributed by atoms with Crippen LogP contribution < -0.4 is 20.1 Å². The summed E-state index contributed by atoms with van der Waals surface area (Å²) in [4.78, 5) is 17.6. The molecule has 0 saturated carbocycles. The van der Waals surface area contributed by atoms with Gasteiger partial charge >= 0.3 is 6.61 Å². The zero-order chi connectivity index (χ0) is 20.2. The number of benzene rings is 1. The van der Waals surface area contributed by atoms with Crippen LogP contribution in [0.15, 0.2) is 23.2 Å². The molecule has 7 nitrogen and oxygen atoms in total. The van der Waals surface area contributed by atoms with Crippen LogP contribution in [0.5, 0.6) is 11.5 Å². The van der Waals surface area contributed by atoms with Gasteiger partial charge < -0.3 is 25.0 Å². The molecular formula is C18H29F2IN4O3. The molecule has 2 N–H and O–H groups in total. The Morgan fingerprint density at radius 3 is 2.57 bits per heavy atom. The number of hydrogen-bond acceptors (Lipinski definition) is 4. The molecule has 160 valence electrons. The molecule has 1 amide bonds. The molecule has 10 heteroatoms. The predicted molar refractivity (Wildman–Crippen MR) is 116 cm³/mol. The third-order valence-corrected chi connectivity index (χ3v) is 3.62. The van der Waals surface area contributed by atoms with E-state index in [1.165, 1.54) is 18.1 Å². The van der Waals surface area contributed by atoms with Gasteiger partial charge in [-0.2, -0.15) is 8.78 Å². The van der Waals surface area contributed by atoms with Crippen molar-refractivity contribution in [2.75, 3.05) is 34.3 Å². The quantitative estimate of drug-likeness (QED) is 0.218. The molecule has 0 spiro atoms. The Labute approximate surface area is 181 Å². The van der Waals surface area contributed by atoms with Crippen LogP contribution in [0.25, 0.3) is 0 Å². The first kappa shape index (κ1) is 26.1. The van der Waals surface area contributed by atoms with E-state index in [0.29, 0.717) is 23.8 Å². The number of guanidine groups is 1. The number of amides is 1. The van der Waals surface area contributed by atoms with Crippen molar-refractivity contribution in [2.45, 2.75) is 32.9 Å². The van der Waals surface area contributed by atoms with Crippen molar-refractivity contribution in [3.8, 4) is 11.5 Å². The van der Waals surface area contributed by atoms with Crippen LogP contribution in [-0.4, -0.2) is 57.7 Å². The zero-order valence-electron chi connectivity index (χ0n) is 16.6. The summed E-state index contributed by atoms with van der Waals surface area (Å²) in [6.07, 6.45) is 1.93. The highest BCUT2D eigenvalue weighted by Crippen LogP contribution is 2.26. The van der Waals surface area contributed by atoms with Crippen LogP contribution in [0.1, 0.15) is 25.3 Å². The number of aliphatic imine (C=N–C) groups is 1. The van der Waals surface area contributed by atoms with E-state index in [0.717, 1.165) is 12.8 Å². The Morgan fingerprint density at radius 2 is 2.00 bits per heavy atom. The van der Waals surface area contributed by atoms with Crippen molar-refractivity contribution in [3.63, 3.8) is 0 Å². The summed E-state index contributed by atoms with van der Waals surface area (Å²) in [6.45, 7) is -0.0395. The second-order valence-electron chi connectivity index (χ2n) is 5.94. The largest absolute Gasteiger partial charge is 0.497 e. The van der Waals surface area contributed by atoms with Gasteiger partial charge in [-0.1, -0.05) is 13.3 Å². The van der Waals surface area contributed by atoms with Crippen molar-refractivity contribution in [3.05, 3.63) is 23.8 Å². The maximum Gasteiger partial charge on any atom is 0.387 e. The molecule has 0 aliphatic carbocycles. The highest BCUT2D eigenvalue weighted by atomic mass is 127. The Bertz CT molecular complexity index is 631. The lowest BCUT2D eigenvalue weighted by atomic mass is 10.2. The van der Waals surface area contributed by atoms with Gasteiger partial charge in [-0.3, -0.25) is 4.79 Å². The van der Waals surface area contributed by atoms with Gasteiger partial charge in [-0.25, -0.2) is 4.99 Å². The van der Waals surface area contributed by atoms with E-state index in [-0.39, 0.29) is 48.7 Å². The van der Waals surface area contributed by atoms with E-state index in [2.05, 4.69) is 27.3 Å². The van der Waals surface area contributed by atoms with Crippen molar-refractivity contribution in [1.82, 2.24) is 15.5 Å². The fraction of sp³-hybridized carbons (Fsp3) is 0.556. The molecule has 28 heavy (non-hydrogen) atoms. The van der Waals surface area contributed by atoms with Gasteiger partial charge in [0.15, 0.2) is 5.96 Å². The molecule has 0 radical (unpaired) electrons. The number of likely N-dealkylation sites (N-methyl/N-ethyl adjacent to an activating group) is 1. The number of nitrogens with zero attached hydrogens (tertiary/aromatic N) is 2. The maximum absolute atomic E-state index is 12.6. The number of alkyl halides is 2. The van der Waals surface area contributed by atoms with Crippen molar-refractivity contribution in [1.29, 1.82) is 0 Å². The van der Waals surface area contributed by atoms with Gasteiger partial charge in [-0.15, -0.1) is 24.0 Å². The third kappa shape index (κ3) is 9.90. The smallest absolute Gasteiger partial charge is 0.387 e. The van der Waals surface area contributed by atoms with E-state index < -0.39 is 6.61 Å². The van der Waals surface area contributed by atoms with Crippen LogP contribution in [-0.2, 0) is 11.3 Å². The minimum absolute atomic E-state index is 0. The van der Waals surface area contributed by atoms with Crippen molar-refractivity contribution >= 4 is 35.8 Å². The number of nitrogens with one attached hydrogen (secondary N) is 2. The molecule has 0 aliphatic heterocycles. The minimum Gasteiger partial charge on any atom is -0.497 e. The van der Waals surface area contributed by atoms with E-state index in [1.54, 1.807) is 26.2 Å². The van der Waals surface area contributed by atoms with E-state index in [1.807, 2.05) is 0 Å². The maximum atomic E-state index is 12.6. The summed E-state index contributed by atoms with van der Waals surface area (Å²) in [5.74, 6) is 0.859. The lowest BCUT2D eigenvalue weighted by molar-refractivity contribution is -0.127. The van der Waals surface area contributed by atoms with Crippen LogP contribution in [0.4, 0.5) is 8.78 Å². The Hall–Kier alpha value is -1.85. The first-order valence-corrected chi connectivity index (χ1v) is 8.71. The Kier molecular flexibility index (Phi) is 13.3. The molecule has 0 bridgehead atoms. The molecule has 0 heterocycles. The normalized spacial score (nSPS) is 10.9. The SMILES string of the molecule is CCCCNC(=NCc1cc(OC)ccc1OC(F)F)NCC(=O)N(C)C.I. The highest BCUT2D eigenvalue weighted by Gasteiger charge is 2.12. The van der Waals surface area contributed by atoms with Crippen LogP contribution in [0, 0.1) is 0 Å². The summed E-state index contributed by atoms with van der Waals surface area (Å²) in [6, 6.07) is 4.55. The summed E-state index contributed by atoms with van der Waals surface area (Å²) in [5.41, 5.74) is 0.449. The third-order valence-electron chi connectivity index (χ3n) is 3.62. The monoisotopic (exact) mass is 514 g/mol. The number of carbonyl (C=O) groups is 1. The van der Waals surface area contributed by atoms with Gasteiger partial charge in [0.25, 0.3) is 0 Å². The van der Waals surface area contributed by atoms with Crippen LogP contribution in [0.2, 0.25) is 0 Å². The van der Waals surface area contributed by atoms with E-state index in [9.17, 15) is 13.6 Å². The molecule has 1 rings (SSSR count). The summed E-state index contributed by atoms with van der Waals surface area (Å²) in [7, 11) is 4.81. The first-order chi connectivity index (χ1) is 12.9. The average molecular weight is 514 g/mol. The Morgan fingerprint density at radius 1 is 1.29 bits per heavy atom. The molecule has 0 unspecified atom stereocenters. The van der Waals surface area contributed by atoms with Gasteiger partial charge in [0, 0.05) is 26.2 Å². The standard InChI is InChI=1S/C18H28F2N4O3.HI/c1-5-6-9-21-18(23-12-16(25)24(2)3)22-11-13-10-14(26-4)7-8-15(13)27-17(19)20;/h7-8,10,17H,5-6,9,11-12H2,1-4H3,(H2,21,22,23);1H. The van der Waals surface area contributed by atoms with E-state index >= 15 is 0 Å². The lowest BCUT2D eigenvalue weighted by Gasteiger charge is -2.15. The molecule has 0 aliphatic rings. The van der Waals surface area contributed by atoms with Gasteiger partial charge in [0.1, 0.15) is 11.5 Å². The topological polar surface area (TPSA) is 75.2 Å². The molecular weight excluding hydrogens is 485 g/mol. The molecule has 0 fully saturated rings. The molecule has 0 aromatic heterocycles. The first-order valence-electron chi connectivity index (χ1n) is 8.71. The fourth-order valence-corrected chi connectivity index (χ4v) is 2.06. The van der Waals surface area contributed by atoms with Gasteiger partial charge in [-0.05, 0) is 24.6 Å². The van der Waals surface area contributed by atoms with Gasteiger partial charge in [0.2, 0.25) is 5.91 Å². The second kappa shape index (κ2) is 14.2. The number of carbonyl (C=O) groups excluding carboxylic acids is 1. The number of methoxy groups -OCH3 is 1. The second-order valence-corrected chi connectivity index (χ2v) is 5.94. The highest BCUT2D eigenvalue weighted by molar-refractivity contribution is 14.0. The predicted octanol–water partition coefficient (Wildman–Crippen LogP) is 2.84. The lowest BCUT2D eigenvalue weighted by Crippen LogP contribution is -2.43. The van der Waals surface area contributed by atoms with E-state index in [4.69, 9.17) is 4.74 Å². The van der Waals surface area contributed by atoms with Gasteiger partial charge in [0.05, 0.1) is 20.2 Å². The summed E-state index contributed by atoms with van der Waals surface area (Å²) >= 11 is 0. The molecule has 1 aromatic carbocycles. The number of unbranched alkanes of at least 4 members (excludes halogenated alkanes) is 1. The summed E-state index contributed by atoms with van der Waals surface area (Å²) in [5, 5.41) is 6.07. The number of hydrogen-bond donors (Lipinski definition) is 2. The molecule has 0 saturated heterocycles.